The second-order valence-electron chi connectivity index (χ2n) is 26.7. The molecule has 3 aliphatic heterocycles. The van der Waals surface area contributed by atoms with Crippen LogP contribution in [-0.4, -0.2) is 19.7 Å². The number of fused-ring (bicyclic) bond motifs is 10. The van der Waals surface area contributed by atoms with Crippen LogP contribution in [0.2, 0.25) is 0 Å². The highest BCUT2D eigenvalue weighted by atomic mass is 28.3. The van der Waals surface area contributed by atoms with Crippen LogP contribution in [0.5, 0.6) is 11.5 Å². The fourth-order valence-electron chi connectivity index (χ4n) is 13.4. The van der Waals surface area contributed by atoms with E-state index in [2.05, 4.69) is 255 Å². The number of anilines is 7. The molecule has 424 valence electrons. The Morgan fingerprint density at radius 3 is 1.67 bits per heavy atom. The number of hydrogen-bond acceptors (Lipinski definition) is 5. The first-order valence-electron chi connectivity index (χ1n) is 32.5. The van der Waals surface area contributed by atoms with Crippen LogP contribution in [0, 0.1) is 13.8 Å². The number of nitrogens with zero attached hydrogens (tertiary/aromatic N) is 4. The third-order valence-electron chi connectivity index (χ3n) is 17.8. The monoisotopic (exact) mass is 1140 g/mol. The van der Waals surface area contributed by atoms with Crippen molar-refractivity contribution in [3.8, 4) is 56.0 Å². The standard InChI is InChI=1S/C80H74N4OSi/c1-52-31-38-72-66(43-52)67-44-53(2)32-39-73(67)86(72)74-30-18-17-29-70(74)84(76-48-59(41-42-81-76)79(6,7)8)71-50-63(37-40-75(71)86)85-62-24-19-23-61(49-62)82-51-83(69-28-16-15-27-68(69)82)77-64(55-21-13-12-14-22-55)25-20-26-65(77)57-45-56(46-60(47-57)80(9,10)11)54-33-35-58(36-34-54)78(3,4)5/h12-50H,51H2,1-11H3/i12D,13D,14D,21D,22D. The summed E-state index contributed by atoms with van der Waals surface area (Å²) in [5.74, 6) is 2.18. The third kappa shape index (κ3) is 9.25. The quantitative estimate of drug-likeness (QED) is 0.142. The first-order chi connectivity index (χ1) is 43.4. The molecular formula is C80H74N4OSi. The second-order valence-corrected chi connectivity index (χ2v) is 30.4. The van der Waals surface area contributed by atoms with Crippen molar-refractivity contribution in [3.05, 3.63) is 264 Å². The van der Waals surface area contributed by atoms with Crippen molar-refractivity contribution in [3.63, 3.8) is 0 Å². The highest BCUT2D eigenvalue weighted by molar-refractivity contribution is 7.23. The number of pyridine rings is 1. The lowest BCUT2D eigenvalue weighted by Gasteiger charge is -2.43. The van der Waals surface area contributed by atoms with E-state index < -0.39 is 14.1 Å². The SMILES string of the molecule is [2H]c1c([2H])c([2H])c(-c2cccc(-c3cc(-c4ccc(C(C)(C)C)cc4)cc(C(C)(C)C)c3)c2N2CN(c3cccc(Oc4ccc5c(c4)N(c4cc(C(C)(C)C)ccn4)c4ccccc4[Si]54c5ccc(C)cc5-c5cc(C)ccc54)c3)c3ccccc32)c([2H])c1[2H]. The Balaban J connectivity index is 0.906. The molecule has 4 heterocycles. The van der Waals surface area contributed by atoms with Crippen molar-refractivity contribution in [2.45, 2.75) is 92.4 Å². The van der Waals surface area contributed by atoms with Crippen molar-refractivity contribution in [1.29, 1.82) is 0 Å². The van der Waals surface area contributed by atoms with Gasteiger partial charge in [-0.2, -0.15) is 0 Å². The Morgan fingerprint density at radius 2 is 1.00 bits per heavy atom. The van der Waals surface area contributed by atoms with E-state index in [1.165, 1.54) is 54.1 Å². The van der Waals surface area contributed by atoms with Gasteiger partial charge in [-0.25, -0.2) is 4.98 Å². The molecule has 3 aliphatic rings. The third-order valence-corrected chi connectivity index (χ3v) is 22.8. The molecule has 5 nitrogen and oxygen atoms in total. The fraction of sp³-hybridized carbons (Fsp3) is 0.188. The number of aromatic nitrogens is 1. The van der Waals surface area contributed by atoms with Crippen LogP contribution in [0.15, 0.2) is 237 Å². The Bertz CT molecular complexity index is 4710. The van der Waals surface area contributed by atoms with Gasteiger partial charge >= 0.3 is 0 Å². The molecule has 0 atom stereocenters. The molecule has 0 saturated carbocycles. The molecular weight excluding hydrogens is 1060 g/mol. The molecule has 0 unspecified atom stereocenters. The van der Waals surface area contributed by atoms with Gasteiger partial charge in [0, 0.05) is 40.8 Å². The Morgan fingerprint density at radius 1 is 0.419 bits per heavy atom. The van der Waals surface area contributed by atoms with Crippen LogP contribution in [0.3, 0.4) is 0 Å². The predicted octanol–water partition coefficient (Wildman–Crippen LogP) is 18.8. The number of benzene rings is 10. The molecule has 0 aliphatic carbocycles. The molecule has 0 bridgehead atoms. The van der Waals surface area contributed by atoms with Crippen LogP contribution < -0.4 is 40.2 Å². The average Bonchev–Trinajstić information content (AvgIpc) is 1.57. The van der Waals surface area contributed by atoms with E-state index >= 15 is 0 Å². The van der Waals surface area contributed by atoms with Crippen molar-refractivity contribution < 1.29 is 11.6 Å². The van der Waals surface area contributed by atoms with Gasteiger partial charge in [-0.05, 0) is 156 Å². The summed E-state index contributed by atoms with van der Waals surface area (Å²) in [6.45, 7) is 24.8. The number of hydrogen-bond donors (Lipinski definition) is 0. The van der Waals surface area contributed by atoms with Gasteiger partial charge in [0.25, 0.3) is 0 Å². The first-order valence-corrected chi connectivity index (χ1v) is 32.0. The summed E-state index contributed by atoms with van der Waals surface area (Å²) in [4.78, 5) is 12.0. The van der Waals surface area contributed by atoms with Gasteiger partial charge in [-0.1, -0.05) is 237 Å². The average molecular weight is 1140 g/mol. The van der Waals surface area contributed by atoms with Crippen molar-refractivity contribution >= 4 is 68.8 Å². The van der Waals surface area contributed by atoms with Crippen LogP contribution in [-0.2, 0) is 16.2 Å². The Hall–Kier alpha value is -9.23. The molecule has 86 heavy (non-hydrogen) atoms. The number of para-hydroxylation sites is 4. The van der Waals surface area contributed by atoms with Crippen molar-refractivity contribution in [2.75, 3.05) is 21.4 Å². The zero-order chi connectivity index (χ0) is 63.8. The van der Waals surface area contributed by atoms with Gasteiger partial charge in [0.15, 0.2) is 8.07 Å². The van der Waals surface area contributed by atoms with E-state index in [-0.39, 0.29) is 46.0 Å². The van der Waals surface area contributed by atoms with E-state index in [9.17, 15) is 2.74 Å². The minimum atomic E-state index is -2.97. The summed E-state index contributed by atoms with van der Waals surface area (Å²) in [7, 11) is -2.97. The summed E-state index contributed by atoms with van der Waals surface area (Å²) < 4.78 is 52.5. The maximum Gasteiger partial charge on any atom is 0.185 e. The smallest absolute Gasteiger partial charge is 0.185 e. The van der Waals surface area contributed by atoms with Crippen LogP contribution in [0.25, 0.3) is 44.5 Å². The van der Waals surface area contributed by atoms with Crippen LogP contribution in [0.4, 0.5) is 39.9 Å². The van der Waals surface area contributed by atoms with E-state index in [4.69, 9.17) is 13.8 Å². The van der Waals surface area contributed by atoms with Crippen LogP contribution in [0.1, 0.15) is 97.0 Å². The normalized spacial score (nSPS) is 14.8. The largest absolute Gasteiger partial charge is 0.457 e. The van der Waals surface area contributed by atoms with E-state index in [0.717, 1.165) is 67.8 Å². The summed E-state index contributed by atoms with van der Waals surface area (Å²) in [6.07, 6.45) is 1.94. The lowest BCUT2D eigenvalue weighted by Crippen LogP contribution is -2.75. The number of ether oxygens (including phenoxy) is 1. The molecule has 0 amide bonds. The lowest BCUT2D eigenvalue weighted by molar-refractivity contribution is 0.483. The van der Waals surface area contributed by atoms with E-state index in [1.807, 2.05) is 42.6 Å². The van der Waals surface area contributed by atoms with Crippen molar-refractivity contribution in [1.82, 2.24) is 4.98 Å². The molecule has 6 heteroatoms. The predicted molar refractivity (Wildman–Crippen MR) is 366 cm³/mol. The molecule has 0 fully saturated rings. The molecule has 10 aromatic carbocycles. The van der Waals surface area contributed by atoms with Crippen LogP contribution >= 0.6 is 0 Å². The van der Waals surface area contributed by atoms with Gasteiger partial charge < -0.3 is 14.5 Å². The van der Waals surface area contributed by atoms with E-state index in [1.54, 1.807) is 0 Å². The zero-order valence-corrected chi connectivity index (χ0v) is 52.0. The fourth-order valence-corrected chi connectivity index (χ4v) is 18.9. The molecule has 0 radical (unpaired) electrons. The van der Waals surface area contributed by atoms with Crippen molar-refractivity contribution in [2.24, 2.45) is 0 Å². The van der Waals surface area contributed by atoms with Gasteiger partial charge in [0.2, 0.25) is 0 Å². The number of aryl methyl sites for hydroxylation is 2. The number of rotatable bonds is 8. The van der Waals surface area contributed by atoms with Gasteiger partial charge in [-0.3, -0.25) is 4.90 Å². The lowest BCUT2D eigenvalue weighted by atomic mass is 9.82. The van der Waals surface area contributed by atoms with Gasteiger partial charge in [0.1, 0.15) is 24.0 Å². The van der Waals surface area contributed by atoms with Gasteiger partial charge in [0.05, 0.1) is 29.6 Å². The summed E-state index contributed by atoms with van der Waals surface area (Å²) >= 11 is 0. The first kappa shape index (κ1) is 49.1. The molecule has 1 spiro atoms. The maximum atomic E-state index is 9.44. The topological polar surface area (TPSA) is 31.8 Å². The van der Waals surface area contributed by atoms with Gasteiger partial charge in [-0.15, -0.1) is 0 Å². The molecule has 0 N–H and O–H groups in total. The maximum absolute atomic E-state index is 9.44. The highest BCUT2D eigenvalue weighted by Gasteiger charge is 2.54. The molecule has 0 saturated heterocycles. The molecule has 1 aromatic heterocycles. The minimum Gasteiger partial charge on any atom is -0.457 e. The van der Waals surface area contributed by atoms with E-state index in [0.29, 0.717) is 23.7 Å². The molecule has 11 aromatic rings. The highest BCUT2D eigenvalue weighted by Crippen LogP contribution is 2.52. The Labute approximate surface area is 516 Å². The molecule has 14 rings (SSSR count). The second kappa shape index (κ2) is 20.5. The summed E-state index contributed by atoms with van der Waals surface area (Å²) in [6, 6.07) is 70.6. The Kier molecular flexibility index (Phi) is 11.7. The minimum absolute atomic E-state index is 0.0120. The zero-order valence-electron chi connectivity index (χ0n) is 56.0. The summed E-state index contributed by atoms with van der Waals surface area (Å²) in [5.41, 5.74) is 18.5. The summed E-state index contributed by atoms with van der Waals surface area (Å²) in [5, 5.41) is 5.37.